The maximum Gasteiger partial charge on any atom is 0.0902 e. The second-order valence-electron chi connectivity index (χ2n) is 4.05. The highest BCUT2D eigenvalue weighted by atomic mass is 32.1. The van der Waals surface area contributed by atoms with Gasteiger partial charge < -0.3 is 5.73 Å². The molecule has 1 saturated heterocycles. The largest absolute Gasteiger partial charge is 0.392 e. The molecule has 1 unspecified atom stereocenters. The summed E-state index contributed by atoms with van der Waals surface area (Å²) in [7, 11) is 1.93. The van der Waals surface area contributed by atoms with Crippen LogP contribution in [-0.4, -0.2) is 32.3 Å². The van der Waals surface area contributed by atoms with E-state index in [1.807, 2.05) is 24.1 Å². The fourth-order valence-corrected chi connectivity index (χ4v) is 2.39. The van der Waals surface area contributed by atoms with Gasteiger partial charge in [-0.3, -0.25) is 9.58 Å². The van der Waals surface area contributed by atoms with Crippen molar-refractivity contribution < 1.29 is 0 Å². The van der Waals surface area contributed by atoms with E-state index < -0.39 is 0 Å². The number of hydrogen-bond donors (Lipinski definition) is 1. The molecule has 0 aliphatic carbocycles. The monoisotopic (exact) mass is 224 g/mol. The number of rotatable bonds is 3. The number of nitrogens with two attached hydrogens (primary N) is 1. The van der Waals surface area contributed by atoms with Gasteiger partial charge in [0.2, 0.25) is 0 Å². The van der Waals surface area contributed by atoms with Crippen molar-refractivity contribution in [2.75, 3.05) is 6.54 Å². The zero-order valence-corrected chi connectivity index (χ0v) is 9.70. The Bertz CT molecular complexity index is 360. The van der Waals surface area contributed by atoms with Crippen LogP contribution in [0.2, 0.25) is 0 Å². The van der Waals surface area contributed by atoms with E-state index in [0.29, 0.717) is 4.99 Å². The first kappa shape index (κ1) is 10.6. The van der Waals surface area contributed by atoms with Crippen molar-refractivity contribution >= 4 is 17.2 Å². The summed E-state index contributed by atoms with van der Waals surface area (Å²) in [6, 6.07) is 0.278. The Morgan fingerprint density at radius 3 is 3.13 bits per heavy atom. The molecular weight excluding hydrogens is 208 g/mol. The predicted octanol–water partition coefficient (Wildman–Crippen LogP) is 0.671. The number of likely N-dealkylation sites (tertiary alicyclic amines) is 1. The predicted molar refractivity (Wildman–Crippen MR) is 63.4 cm³/mol. The van der Waals surface area contributed by atoms with E-state index in [9.17, 15) is 0 Å². The molecule has 5 heteroatoms. The van der Waals surface area contributed by atoms with Crippen molar-refractivity contribution in [3.63, 3.8) is 0 Å². The second kappa shape index (κ2) is 4.28. The molecule has 2 heterocycles. The van der Waals surface area contributed by atoms with Crippen molar-refractivity contribution in [2.45, 2.75) is 25.4 Å². The minimum absolute atomic E-state index is 0.278. The quantitative estimate of drug-likeness (QED) is 0.767. The molecule has 0 spiro atoms. The Balaban J connectivity index is 2.02. The molecule has 1 aromatic rings. The van der Waals surface area contributed by atoms with Crippen LogP contribution in [0.3, 0.4) is 0 Å². The maximum absolute atomic E-state index is 5.72. The highest BCUT2D eigenvalue weighted by Crippen LogP contribution is 2.19. The summed E-state index contributed by atoms with van der Waals surface area (Å²) in [5, 5.41) is 4.15. The van der Waals surface area contributed by atoms with E-state index in [-0.39, 0.29) is 6.04 Å². The van der Waals surface area contributed by atoms with Crippen LogP contribution in [0.5, 0.6) is 0 Å². The first-order valence-corrected chi connectivity index (χ1v) is 5.58. The third kappa shape index (κ3) is 2.35. The Hall–Kier alpha value is -0.940. The third-order valence-electron chi connectivity index (χ3n) is 2.84. The highest BCUT2D eigenvalue weighted by molar-refractivity contribution is 7.80. The normalized spacial score (nSPS) is 22.1. The number of hydrogen-bond acceptors (Lipinski definition) is 3. The minimum atomic E-state index is 0.278. The number of aryl methyl sites for hydroxylation is 1. The van der Waals surface area contributed by atoms with E-state index >= 15 is 0 Å². The van der Waals surface area contributed by atoms with Crippen molar-refractivity contribution in [1.29, 1.82) is 0 Å². The molecule has 0 aromatic carbocycles. The lowest BCUT2D eigenvalue weighted by Gasteiger charge is -2.22. The van der Waals surface area contributed by atoms with Crippen LogP contribution in [0.25, 0.3) is 0 Å². The Morgan fingerprint density at radius 1 is 1.73 bits per heavy atom. The van der Waals surface area contributed by atoms with Crippen LogP contribution in [0, 0.1) is 0 Å². The first-order valence-electron chi connectivity index (χ1n) is 5.17. The lowest BCUT2D eigenvalue weighted by Crippen LogP contribution is -2.38. The molecule has 4 nitrogen and oxygen atoms in total. The molecule has 1 fully saturated rings. The second-order valence-corrected chi connectivity index (χ2v) is 4.52. The Labute approximate surface area is 95.0 Å². The van der Waals surface area contributed by atoms with Crippen LogP contribution in [0.4, 0.5) is 0 Å². The summed E-state index contributed by atoms with van der Waals surface area (Å²) in [5.74, 6) is 0. The highest BCUT2D eigenvalue weighted by Gasteiger charge is 2.26. The molecule has 15 heavy (non-hydrogen) atoms. The lowest BCUT2D eigenvalue weighted by molar-refractivity contribution is 0.295. The lowest BCUT2D eigenvalue weighted by atomic mass is 10.2. The van der Waals surface area contributed by atoms with Gasteiger partial charge in [0.15, 0.2) is 0 Å². The summed E-state index contributed by atoms with van der Waals surface area (Å²) in [5.41, 5.74) is 6.94. The van der Waals surface area contributed by atoms with E-state index in [1.165, 1.54) is 12.0 Å². The molecular formula is C10H16N4S. The summed E-state index contributed by atoms with van der Waals surface area (Å²) in [6.45, 7) is 1.98. The van der Waals surface area contributed by atoms with Gasteiger partial charge >= 0.3 is 0 Å². The van der Waals surface area contributed by atoms with Gasteiger partial charge in [-0.2, -0.15) is 5.10 Å². The summed E-state index contributed by atoms with van der Waals surface area (Å²) < 4.78 is 1.82. The van der Waals surface area contributed by atoms with Gasteiger partial charge in [0.1, 0.15) is 0 Å². The van der Waals surface area contributed by atoms with Gasteiger partial charge in [0.05, 0.1) is 17.2 Å². The van der Waals surface area contributed by atoms with E-state index in [0.717, 1.165) is 19.5 Å². The van der Waals surface area contributed by atoms with Crippen LogP contribution >= 0.6 is 12.2 Å². The zero-order valence-electron chi connectivity index (χ0n) is 8.89. The minimum Gasteiger partial charge on any atom is -0.392 e. The average molecular weight is 224 g/mol. The van der Waals surface area contributed by atoms with Gasteiger partial charge in [-0.15, -0.1) is 0 Å². The standard InChI is InChI=1S/C10H16N4S/c1-13-6-8(5-12-13)7-14-4-2-3-9(14)10(11)15/h5-6,9H,2-4,7H2,1H3,(H2,11,15). The number of aromatic nitrogens is 2. The molecule has 1 atom stereocenters. The molecule has 0 amide bonds. The fraction of sp³-hybridized carbons (Fsp3) is 0.600. The molecule has 0 bridgehead atoms. The van der Waals surface area contributed by atoms with Crippen LogP contribution in [0.1, 0.15) is 18.4 Å². The zero-order chi connectivity index (χ0) is 10.8. The number of thiocarbonyl (C=S) groups is 1. The molecule has 1 aliphatic rings. The summed E-state index contributed by atoms with van der Waals surface area (Å²) in [4.78, 5) is 2.95. The molecule has 2 rings (SSSR count). The van der Waals surface area contributed by atoms with E-state index in [4.69, 9.17) is 18.0 Å². The average Bonchev–Trinajstić information content (AvgIpc) is 2.75. The smallest absolute Gasteiger partial charge is 0.0902 e. The first-order chi connectivity index (χ1) is 7.16. The third-order valence-corrected chi connectivity index (χ3v) is 3.11. The van der Waals surface area contributed by atoms with Crippen molar-refractivity contribution in [3.8, 4) is 0 Å². The van der Waals surface area contributed by atoms with Crippen LogP contribution in [0.15, 0.2) is 12.4 Å². The molecule has 1 aliphatic heterocycles. The summed E-state index contributed by atoms with van der Waals surface area (Å²) >= 11 is 5.07. The molecule has 1 aromatic heterocycles. The van der Waals surface area contributed by atoms with Crippen molar-refractivity contribution in [3.05, 3.63) is 18.0 Å². The molecule has 0 saturated carbocycles. The molecule has 82 valence electrons. The van der Waals surface area contributed by atoms with Gasteiger partial charge in [-0.25, -0.2) is 0 Å². The van der Waals surface area contributed by atoms with Crippen molar-refractivity contribution in [2.24, 2.45) is 12.8 Å². The van der Waals surface area contributed by atoms with Crippen molar-refractivity contribution in [1.82, 2.24) is 14.7 Å². The molecule has 2 N–H and O–H groups in total. The van der Waals surface area contributed by atoms with Gasteiger partial charge in [0.25, 0.3) is 0 Å². The SMILES string of the molecule is Cn1cc(CN2CCCC2C(N)=S)cn1. The Kier molecular flexibility index (Phi) is 3.02. The fourth-order valence-electron chi connectivity index (χ4n) is 2.13. The topological polar surface area (TPSA) is 47.1 Å². The van der Waals surface area contributed by atoms with Crippen LogP contribution < -0.4 is 5.73 Å². The van der Waals surface area contributed by atoms with Gasteiger partial charge in [-0.1, -0.05) is 12.2 Å². The van der Waals surface area contributed by atoms with Crippen LogP contribution in [-0.2, 0) is 13.6 Å². The molecule has 0 radical (unpaired) electrons. The van der Waals surface area contributed by atoms with E-state index in [2.05, 4.69) is 10.00 Å². The Morgan fingerprint density at radius 2 is 2.53 bits per heavy atom. The van der Waals surface area contributed by atoms with Gasteiger partial charge in [-0.05, 0) is 19.4 Å². The van der Waals surface area contributed by atoms with E-state index in [1.54, 1.807) is 0 Å². The summed E-state index contributed by atoms with van der Waals surface area (Å²) in [6.07, 6.45) is 6.21. The number of nitrogens with zero attached hydrogens (tertiary/aromatic N) is 3. The van der Waals surface area contributed by atoms with Gasteiger partial charge in [0, 0.05) is 25.4 Å². The maximum atomic E-state index is 5.72.